The molecular formula is C23H24N4O2S. The van der Waals surface area contributed by atoms with Crippen molar-refractivity contribution in [1.82, 2.24) is 9.80 Å². The van der Waals surface area contributed by atoms with Crippen molar-refractivity contribution in [2.75, 3.05) is 18.8 Å². The average molecular weight is 421 g/mol. The molecule has 0 aliphatic carbocycles. The van der Waals surface area contributed by atoms with Crippen LogP contribution in [0, 0.1) is 0 Å². The lowest BCUT2D eigenvalue weighted by molar-refractivity contribution is -0.128. The van der Waals surface area contributed by atoms with E-state index in [1.54, 1.807) is 9.80 Å². The van der Waals surface area contributed by atoms with Crippen molar-refractivity contribution in [3.63, 3.8) is 0 Å². The highest BCUT2D eigenvalue weighted by molar-refractivity contribution is 8.14. The summed E-state index contributed by atoms with van der Waals surface area (Å²) in [5, 5.41) is 0.522. The Hall–Kier alpha value is -2.93. The highest BCUT2D eigenvalue weighted by Crippen LogP contribution is 2.34. The number of carbonyl (C=O) groups is 2. The van der Waals surface area contributed by atoms with Crippen molar-refractivity contribution in [1.29, 1.82) is 0 Å². The van der Waals surface area contributed by atoms with Crippen LogP contribution in [-0.4, -0.2) is 57.5 Å². The molecular weight excluding hydrogens is 396 g/mol. The molecule has 7 heteroatoms. The molecule has 30 heavy (non-hydrogen) atoms. The van der Waals surface area contributed by atoms with Crippen molar-refractivity contribution in [3.05, 3.63) is 65.7 Å². The second-order valence-corrected chi connectivity index (χ2v) is 8.04. The Labute approximate surface area is 180 Å². The molecule has 0 fully saturated rings. The van der Waals surface area contributed by atoms with Gasteiger partial charge in [0.1, 0.15) is 11.9 Å². The number of hydrogen-bond donors (Lipinski definition) is 0. The minimum absolute atomic E-state index is 0.0394. The molecule has 0 saturated heterocycles. The summed E-state index contributed by atoms with van der Waals surface area (Å²) in [6.45, 7) is 5.26. The molecule has 154 valence electrons. The van der Waals surface area contributed by atoms with Gasteiger partial charge in [0.2, 0.25) is 5.91 Å². The van der Waals surface area contributed by atoms with Crippen molar-refractivity contribution < 1.29 is 9.59 Å². The van der Waals surface area contributed by atoms with E-state index in [1.165, 1.54) is 11.8 Å². The van der Waals surface area contributed by atoms with Gasteiger partial charge in [-0.15, -0.1) is 0 Å². The van der Waals surface area contributed by atoms with Crippen molar-refractivity contribution in [2.45, 2.75) is 26.3 Å². The Morgan fingerprint density at radius 1 is 1.07 bits per heavy atom. The fourth-order valence-electron chi connectivity index (χ4n) is 3.66. The molecule has 0 radical (unpaired) electrons. The molecule has 0 spiro atoms. The molecule has 1 atom stereocenters. The van der Waals surface area contributed by atoms with Gasteiger partial charge in [-0.25, -0.2) is 9.89 Å². The number of thioether (sulfide) groups is 1. The Kier molecular flexibility index (Phi) is 5.99. The predicted molar refractivity (Wildman–Crippen MR) is 121 cm³/mol. The largest absolute Gasteiger partial charge is 0.343 e. The molecule has 0 bridgehead atoms. The predicted octanol–water partition coefficient (Wildman–Crippen LogP) is 3.49. The molecule has 2 aliphatic rings. The maximum atomic E-state index is 13.3. The van der Waals surface area contributed by atoms with E-state index in [0.29, 0.717) is 30.5 Å². The summed E-state index contributed by atoms with van der Waals surface area (Å²) in [4.78, 5) is 38.6. The standard InChI is InChI=1S/C23H24N4O2S/c1-3-26(4-2)20(28)15-30-23-25-18-13-9-8-12-17(18)21-24-19(22(29)27(21)23)14-16-10-6-5-7-11-16/h5-13,19H,3-4,14-15H2,1-2H3. The topological polar surface area (TPSA) is 65.3 Å². The van der Waals surface area contributed by atoms with E-state index < -0.39 is 6.04 Å². The van der Waals surface area contributed by atoms with E-state index in [4.69, 9.17) is 9.98 Å². The molecule has 2 heterocycles. The number of benzene rings is 2. The second kappa shape index (κ2) is 8.83. The molecule has 0 saturated carbocycles. The van der Waals surface area contributed by atoms with E-state index in [-0.39, 0.29) is 17.6 Å². The zero-order chi connectivity index (χ0) is 21.1. The van der Waals surface area contributed by atoms with Crippen LogP contribution in [0.15, 0.2) is 64.6 Å². The van der Waals surface area contributed by atoms with Crippen LogP contribution in [0.5, 0.6) is 0 Å². The number of nitrogens with zero attached hydrogens (tertiary/aromatic N) is 4. The lowest BCUT2D eigenvalue weighted by Gasteiger charge is -2.26. The molecule has 2 aromatic rings. The van der Waals surface area contributed by atoms with Gasteiger partial charge in [0, 0.05) is 25.1 Å². The summed E-state index contributed by atoms with van der Waals surface area (Å²) < 4.78 is 0. The van der Waals surface area contributed by atoms with E-state index >= 15 is 0 Å². The highest BCUT2D eigenvalue weighted by Gasteiger charge is 2.41. The van der Waals surface area contributed by atoms with Gasteiger partial charge in [0.25, 0.3) is 5.91 Å². The third-order valence-corrected chi connectivity index (χ3v) is 6.18. The molecule has 2 aliphatic heterocycles. The molecule has 2 amide bonds. The summed E-state index contributed by atoms with van der Waals surface area (Å²) >= 11 is 1.30. The zero-order valence-corrected chi connectivity index (χ0v) is 17.9. The molecule has 6 nitrogen and oxygen atoms in total. The van der Waals surface area contributed by atoms with Gasteiger partial charge in [-0.05, 0) is 31.5 Å². The first-order valence-electron chi connectivity index (χ1n) is 10.2. The van der Waals surface area contributed by atoms with E-state index in [9.17, 15) is 9.59 Å². The van der Waals surface area contributed by atoms with Gasteiger partial charge in [-0.1, -0.05) is 54.2 Å². The number of fused-ring (bicyclic) bond motifs is 3. The fraction of sp³-hybridized carbons (Fsp3) is 0.304. The number of rotatable bonds is 6. The number of amidine groups is 2. The summed E-state index contributed by atoms with van der Waals surface area (Å²) in [6, 6.07) is 17.1. The van der Waals surface area contributed by atoms with Crippen LogP contribution in [0.4, 0.5) is 5.69 Å². The average Bonchev–Trinajstić information content (AvgIpc) is 3.10. The third kappa shape index (κ3) is 3.89. The summed E-state index contributed by atoms with van der Waals surface area (Å²) in [5.74, 6) is 0.815. The monoisotopic (exact) mass is 420 g/mol. The van der Waals surface area contributed by atoms with Gasteiger partial charge in [0.05, 0.1) is 11.4 Å². The first kappa shape index (κ1) is 20.3. The number of carbonyl (C=O) groups excluding carboxylic acids is 2. The minimum atomic E-state index is -0.488. The Balaban J connectivity index is 1.61. The second-order valence-electron chi connectivity index (χ2n) is 7.10. The van der Waals surface area contributed by atoms with Gasteiger partial charge < -0.3 is 4.90 Å². The Bertz CT molecular complexity index is 1010. The van der Waals surface area contributed by atoms with Crippen LogP contribution < -0.4 is 0 Å². The summed E-state index contributed by atoms with van der Waals surface area (Å²) in [5.41, 5.74) is 2.69. The van der Waals surface area contributed by atoms with Gasteiger partial charge in [0.15, 0.2) is 5.17 Å². The Morgan fingerprint density at radius 2 is 1.77 bits per heavy atom. The van der Waals surface area contributed by atoms with E-state index in [0.717, 1.165) is 16.8 Å². The van der Waals surface area contributed by atoms with Crippen LogP contribution in [0.3, 0.4) is 0 Å². The fourth-order valence-corrected chi connectivity index (χ4v) is 4.57. The normalized spacial score (nSPS) is 17.2. The molecule has 2 aromatic carbocycles. The lowest BCUT2D eigenvalue weighted by atomic mass is 10.1. The lowest BCUT2D eigenvalue weighted by Crippen LogP contribution is -2.42. The van der Waals surface area contributed by atoms with Crippen molar-refractivity contribution >= 4 is 40.3 Å². The third-order valence-electron chi connectivity index (χ3n) is 5.26. The van der Waals surface area contributed by atoms with Crippen LogP contribution in [-0.2, 0) is 16.0 Å². The van der Waals surface area contributed by atoms with Gasteiger partial charge in [-0.2, -0.15) is 0 Å². The summed E-state index contributed by atoms with van der Waals surface area (Å²) in [7, 11) is 0. The maximum Gasteiger partial charge on any atom is 0.259 e. The number of para-hydroxylation sites is 1. The number of aliphatic imine (C=N–C) groups is 2. The van der Waals surface area contributed by atoms with Crippen LogP contribution in [0.2, 0.25) is 0 Å². The molecule has 0 aromatic heterocycles. The zero-order valence-electron chi connectivity index (χ0n) is 17.1. The van der Waals surface area contributed by atoms with Crippen LogP contribution in [0.1, 0.15) is 25.0 Å². The SMILES string of the molecule is CCN(CC)C(=O)CSC1=Nc2ccccc2C2=NC(Cc3ccccc3)C(=O)N12. The molecule has 1 unspecified atom stereocenters. The smallest absolute Gasteiger partial charge is 0.259 e. The Morgan fingerprint density at radius 3 is 2.50 bits per heavy atom. The molecule has 4 rings (SSSR count). The van der Waals surface area contributed by atoms with Crippen molar-refractivity contribution in [2.24, 2.45) is 9.98 Å². The summed E-state index contributed by atoms with van der Waals surface area (Å²) in [6.07, 6.45) is 0.540. The van der Waals surface area contributed by atoms with Gasteiger partial charge >= 0.3 is 0 Å². The van der Waals surface area contributed by atoms with Crippen LogP contribution in [0.25, 0.3) is 0 Å². The van der Waals surface area contributed by atoms with Crippen molar-refractivity contribution in [3.8, 4) is 0 Å². The maximum absolute atomic E-state index is 13.3. The first-order valence-corrected chi connectivity index (χ1v) is 11.1. The first-order chi connectivity index (χ1) is 14.6. The number of hydrogen-bond acceptors (Lipinski definition) is 5. The van der Waals surface area contributed by atoms with Gasteiger partial charge in [-0.3, -0.25) is 14.6 Å². The minimum Gasteiger partial charge on any atom is -0.343 e. The van der Waals surface area contributed by atoms with E-state index in [2.05, 4.69) is 0 Å². The number of amides is 2. The van der Waals surface area contributed by atoms with E-state index in [1.807, 2.05) is 68.4 Å². The van der Waals surface area contributed by atoms with Crippen LogP contribution >= 0.6 is 11.8 Å². The molecule has 0 N–H and O–H groups in total. The highest BCUT2D eigenvalue weighted by atomic mass is 32.2. The quantitative estimate of drug-likeness (QED) is 0.719.